The van der Waals surface area contributed by atoms with Crippen molar-refractivity contribution in [2.75, 3.05) is 32.7 Å². The van der Waals surface area contributed by atoms with Crippen molar-refractivity contribution in [2.45, 2.75) is 25.9 Å². The molecule has 0 aromatic heterocycles. The molecule has 0 spiro atoms. The van der Waals surface area contributed by atoms with Crippen LogP contribution in [0.25, 0.3) is 0 Å². The SMILES string of the molecule is Cc1ccc(C2=NN(C(=O)CN3CCN(Cc4ccccc4)CC3)[C@@H](c3ccccc3Cl)C2)cc1. The van der Waals surface area contributed by atoms with Crippen molar-refractivity contribution < 1.29 is 4.79 Å². The number of carbonyl (C=O) groups excluding carboxylic acids is 1. The predicted octanol–water partition coefficient (Wildman–Crippen LogP) is 5.14. The van der Waals surface area contributed by atoms with Crippen molar-refractivity contribution in [3.05, 3.63) is 106 Å². The largest absolute Gasteiger partial charge is 0.297 e. The molecular formula is C29H31ClN4O. The van der Waals surface area contributed by atoms with E-state index < -0.39 is 0 Å². The summed E-state index contributed by atoms with van der Waals surface area (Å²) in [4.78, 5) is 18.2. The molecule has 2 aliphatic heterocycles. The van der Waals surface area contributed by atoms with Gasteiger partial charge in [-0.1, -0.05) is 90.0 Å². The number of hydrogen-bond acceptors (Lipinski definition) is 4. The lowest BCUT2D eigenvalue weighted by molar-refractivity contribution is -0.134. The molecule has 0 radical (unpaired) electrons. The molecule has 2 aliphatic rings. The Morgan fingerprint density at radius 3 is 2.26 bits per heavy atom. The highest BCUT2D eigenvalue weighted by Crippen LogP contribution is 2.36. The first kappa shape index (κ1) is 23.7. The Morgan fingerprint density at radius 1 is 0.886 bits per heavy atom. The molecule has 0 saturated carbocycles. The van der Waals surface area contributed by atoms with Crippen LogP contribution in [0.1, 0.15) is 34.7 Å². The van der Waals surface area contributed by atoms with Crippen LogP contribution in [0.3, 0.4) is 0 Å². The van der Waals surface area contributed by atoms with Gasteiger partial charge >= 0.3 is 0 Å². The molecular weight excluding hydrogens is 456 g/mol. The zero-order valence-corrected chi connectivity index (χ0v) is 20.9. The molecule has 1 fully saturated rings. The van der Waals surface area contributed by atoms with E-state index in [9.17, 15) is 4.79 Å². The van der Waals surface area contributed by atoms with E-state index in [-0.39, 0.29) is 11.9 Å². The highest BCUT2D eigenvalue weighted by molar-refractivity contribution is 6.31. The van der Waals surface area contributed by atoms with Gasteiger partial charge in [0.25, 0.3) is 5.91 Å². The van der Waals surface area contributed by atoms with Crippen molar-refractivity contribution in [2.24, 2.45) is 5.10 Å². The number of hydrazone groups is 1. The number of amides is 1. The van der Waals surface area contributed by atoms with Gasteiger partial charge in [0.2, 0.25) is 0 Å². The van der Waals surface area contributed by atoms with Gasteiger partial charge in [0.05, 0.1) is 18.3 Å². The third kappa shape index (κ3) is 5.64. The van der Waals surface area contributed by atoms with E-state index in [1.165, 1.54) is 11.1 Å². The first-order chi connectivity index (χ1) is 17.1. The van der Waals surface area contributed by atoms with E-state index >= 15 is 0 Å². The van der Waals surface area contributed by atoms with E-state index in [2.05, 4.69) is 65.3 Å². The standard InChI is InChI=1S/C29H31ClN4O/c1-22-11-13-24(14-12-22)27-19-28(25-9-5-6-10-26(25)30)34(31-27)29(35)21-33-17-15-32(16-18-33)20-23-7-3-2-4-8-23/h2-14,28H,15-21H2,1H3/t28-/m1/s1. The maximum Gasteiger partial charge on any atom is 0.257 e. The molecule has 3 aromatic rings. The topological polar surface area (TPSA) is 39.2 Å². The van der Waals surface area contributed by atoms with Crippen LogP contribution in [-0.4, -0.2) is 59.2 Å². The number of carbonyl (C=O) groups is 1. The molecule has 1 amide bonds. The van der Waals surface area contributed by atoms with Crippen molar-refractivity contribution in [3.63, 3.8) is 0 Å². The fourth-order valence-corrected chi connectivity index (χ4v) is 5.12. The molecule has 0 bridgehead atoms. The number of hydrogen-bond donors (Lipinski definition) is 0. The van der Waals surface area contributed by atoms with Gasteiger partial charge in [-0.05, 0) is 29.7 Å². The van der Waals surface area contributed by atoms with Gasteiger partial charge in [0.1, 0.15) is 0 Å². The monoisotopic (exact) mass is 486 g/mol. The summed E-state index contributed by atoms with van der Waals surface area (Å²) in [6.45, 7) is 7.04. The van der Waals surface area contributed by atoms with Crippen LogP contribution in [0.15, 0.2) is 84.0 Å². The number of halogens is 1. The van der Waals surface area contributed by atoms with Gasteiger partial charge in [-0.25, -0.2) is 5.01 Å². The number of piperazine rings is 1. The first-order valence-electron chi connectivity index (χ1n) is 12.3. The van der Waals surface area contributed by atoms with Crippen molar-refractivity contribution in [1.29, 1.82) is 0 Å². The molecule has 2 heterocycles. The molecule has 3 aromatic carbocycles. The molecule has 1 saturated heterocycles. The van der Waals surface area contributed by atoms with E-state index in [1.807, 2.05) is 30.3 Å². The molecule has 0 unspecified atom stereocenters. The summed E-state index contributed by atoms with van der Waals surface area (Å²) < 4.78 is 0. The molecule has 6 heteroatoms. The van der Waals surface area contributed by atoms with Crippen molar-refractivity contribution in [3.8, 4) is 0 Å². The van der Waals surface area contributed by atoms with Crippen molar-refractivity contribution in [1.82, 2.24) is 14.8 Å². The highest BCUT2D eigenvalue weighted by Gasteiger charge is 2.35. The Hall–Kier alpha value is -2.99. The molecule has 180 valence electrons. The molecule has 35 heavy (non-hydrogen) atoms. The number of aryl methyl sites for hydroxylation is 1. The third-order valence-corrected chi connectivity index (χ3v) is 7.23. The third-order valence-electron chi connectivity index (χ3n) is 6.89. The summed E-state index contributed by atoms with van der Waals surface area (Å²) in [6.07, 6.45) is 0.656. The van der Waals surface area contributed by atoms with Gasteiger partial charge < -0.3 is 0 Å². The van der Waals surface area contributed by atoms with Crippen LogP contribution >= 0.6 is 11.6 Å². The highest BCUT2D eigenvalue weighted by atomic mass is 35.5. The molecule has 5 rings (SSSR count). The smallest absolute Gasteiger partial charge is 0.257 e. The van der Waals surface area contributed by atoms with E-state index in [1.54, 1.807) is 5.01 Å². The van der Waals surface area contributed by atoms with Gasteiger partial charge in [-0.2, -0.15) is 5.10 Å². The van der Waals surface area contributed by atoms with Crippen LogP contribution in [0.4, 0.5) is 0 Å². The summed E-state index contributed by atoms with van der Waals surface area (Å²) in [5.74, 6) is 0.0218. The summed E-state index contributed by atoms with van der Waals surface area (Å²) >= 11 is 6.56. The quantitative estimate of drug-likeness (QED) is 0.484. The van der Waals surface area contributed by atoms with Gasteiger partial charge in [0, 0.05) is 44.2 Å². The van der Waals surface area contributed by atoms with Crippen LogP contribution in [0.5, 0.6) is 0 Å². The Morgan fingerprint density at radius 2 is 1.54 bits per heavy atom. The lowest BCUT2D eigenvalue weighted by Gasteiger charge is -2.35. The number of benzene rings is 3. The minimum Gasteiger partial charge on any atom is -0.297 e. The van der Waals surface area contributed by atoms with Gasteiger partial charge in [0.15, 0.2) is 0 Å². The van der Waals surface area contributed by atoms with Crippen LogP contribution in [0.2, 0.25) is 5.02 Å². The summed E-state index contributed by atoms with van der Waals surface area (Å²) in [6, 6.07) is 26.5. The van der Waals surface area contributed by atoms with Crippen LogP contribution < -0.4 is 0 Å². The zero-order chi connectivity index (χ0) is 24.2. The zero-order valence-electron chi connectivity index (χ0n) is 20.1. The number of nitrogens with zero attached hydrogens (tertiary/aromatic N) is 4. The fourth-order valence-electron chi connectivity index (χ4n) is 4.86. The lowest BCUT2D eigenvalue weighted by Crippen LogP contribution is -2.49. The minimum absolute atomic E-state index is 0.0218. The number of rotatable bonds is 6. The Kier molecular flexibility index (Phi) is 7.28. The molecule has 5 nitrogen and oxygen atoms in total. The van der Waals surface area contributed by atoms with Crippen LogP contribution in [-0.2, 0) is 11.3 Å². The first-order valence-corrected chi connectivity index (χ1v) is 12.6. The maximum atomic E-state index is 13.5. The summed E-state index contributed by atoms with van der Waals surface area (Å²) in [7, 11) is 0. The second-order valence-corrected chi connectivity index (χ2v) is 9.84. The van der Waals surface area contributed by atoms with E-state index in [0.29, 0.717) is 18.0 Å². The minimum atomic E-state index is -0.188. The lowest BCUT2D eigenvalue weighted by atomic mass is 9.98. The summed E-state index contributed by atoms with van der Waals surface area (Å²) in [5.41, 5.74) is 5.46. The Labute approximate surface area is 212 Å². The normalized spacial score (nSPS) is 19.1. The average molecular weight is 487 g/mol. The van der Waals surface area contributed by atoms with Crippen molar-refractivity contribution >= 4 is 23.2 Å². The fraction of sp³-hybridized carbons (Fsp3) is 0.310. The second-order valence-electron chi connectivity index (χ2n) is 9.43. The Balaban J connectivity index is 1.28. The van der Waals surface area contributed by atoms with Crippen LogP contribution in [0, 0.1) is 6.92 Å². The molecule has 1 atom stereocenters. The second kappa shape index (κ2) is 10.7. The van der Waals surface area contributed by atoms with Gasteiger partial charge in [-0.3, -0.25) is 14.6 Å². The summed E-state index contributed by atoms with van der Waals surface area (Å²) in [5, 5.41) is 7.17. The van der Waals surface area contributed by atoms with E-state index in [0.717, 1.165) is 49.6 Å². The Bertz CT molecular complexity index is 1190. The van der Waals surface area contributed by atoms with Gasteiger partial charge in [-0.15, -0.1) is 0 Å². The maximum absolute atomic E-state index is 13.5. The average Bonchev–Trinajstić information content (AvgIpc) is 3.32. The molecule has 0 aliphatic carbocycles. The molecule has 0 N–H and O–H groups in total. The van der Waals surface area contributed by atoms with E-state index in [4.69, 9.17) is 16.7 Å². The predicted molar refractivity (Wildman–Crippen MR) is 142 cm³/mol.